The second kappa shape index (κ2) is 6.28. The summed E-state index contributed by atoms with van der Waals surface area (Å²) < 4.78 is 10.6. The van der Waals surface area contributed by atoms with Crippen LogP contribution in [0.15, 0.2) is 28.7 Å². The summed E-state index contributed by atoms with van der Waals surface area (Å²) in [5.41, 5.74) is 1.05. The van der Waals surface area contributed by atoms with Crippen LogP contribution in [0.4, 0.5) is 0 Å². The van der Waals surface area contributed by atoms with Gasteiger partial charge < -0.3 is 19.0 Å². The number of esters is 1. The van der Waals surface area contributed by atoms with Crippen LogP contribution in [0.25, 0.3) is 11.0 Å². The van der Waals surface area contributed by atoms with E-state index in [4.69, 9.17) is 9.15 Å². The Kier molecular flexibility index (Phi) is 4.32. The van der Waals surface area contributed by atoms with Crippen LogP contribution in [0.1, 0.15) is 22.5 Å². The van der Waals surface area contributed by atoms with E-state index in [2.05, 4.69) is 0 Å². The quantitative estimate of drug-likeness (QED) is 0.806. The number of nitrogens with zero attached hydrogens (tertiary/aromatic N) is 2. The third kappa shape index (κ3) is 2.78. The number of amides is 1. The predicted molar refractivity (Wildman–Crippen MR) is 89.9 cm³/mol. The molecule has 1 saturated heterocycles. The van der Waals surface area contributed by atoms with Gasteiger partial charge in [0.1, 0.15) is 17.4 Å². The summed E-state index contributed by atoms with van der Waals surface area (Å²) in [6.45, 7) is 2.34. The van der Waals surface area contributed by atoms with E-state index in [0.717, 1.165) is 11.1 Å². The third-order valence-corrected chi connectivity index (χ3v) is 4.64. The minimum atomic E-state index is -0.568. The number of para-hydroxylation sites is 1. The summed E-state index contributed by atoms with van der Waals surface area (Å²) in [5.74, 6) is 0.174. The van der Waals surface area contributed by atoms with E-state index in [1.165, 1.54) is 7.11 Å². The van der Waals surface area contributed by atoms with Crippen molar-refractivity contribution in [1.82, 2.24) is 9.80 Å². The Balaban J connectivity index is 1.98. The first-order valence-corrected chi connectivity index (χ1v) is 7.96. The van der Waals surface area contributed by atoms with E-state index in [0.29, 0.717) is 24.1 Å². The summed E-state index contributed by atoms with van der Waals surface area (Å²) in [4.78, 5) is 28.9. The van der Waals surface area contributed by atoms with E-state index in [9.17, 15) is 9.59 Å². The van der Waals surface area contributed by atoms with Gasteiger partial charge in [-0.15, -0.1) is 0 Å². The SMILES string of the molecule is COC(=O)C1CC(N(C)C)CN1C(=O)c1cccc2cc(C)oc12. The van der Waals surface area contributed by atoms with Crippen LogP contribution in [-0.2, 0) is 9.53 Å². The molecule has 1 aliphatic rings. The van der Waals surface area contributed by atoms with Crippen molar-refractivity contribution in [3.63, 3.8) is 0 Å². The molecule has 3 rings (SSSR count). The van der Waals surface area contributed by atoms with Gasteiger partial charge in [-0.2, -0.15) is 0 Å². The van der Waals surface area contributed by atoms with Gasteiger partial charge in [-0.1, -0.05) is 12.1 Å². The highest BCUT2D eigenvalue weighted by Crippen LogP contribution is 2.28. The number of furan rings is 1. The molecule has 6 nitrogen and oxygen atoms in total. The van der Waals surface area contributed by atoms with E-state index < -0.39 is 6.04 Å². The minimum absolute atomic E-state index is 0.121. The molecule has 2 unspecified atom stereocenters. The van der Waals surface area contributed by atoms with Gasteiger partial charge in [0, 0.05) is 18.0 Å². The molecule has 2 aromatic rings. The lowest BCUT2D eigenvalue weighted by atomic mass is 10.1. The Morgan fingerprint density at radius 2 is 2.08 bits per heavy atom. The fourth-order valence-electron chi connectivity index (χ4n) is 3.29. The van der Waals surface area contributed by atoms with Gasteiger partial charge in [0.15, 0.2) is 0 Å². The highest BCUT2D eigenvalue weighted by molar-refractivity contribution is 6.06. The highest BCUT2D eigenvalue weighted by atomic mass is 16.5. The predicted octanol–water partition coefficient (Wildman–Crippen LogP) is 2.06. The molecule has 1 aromatic heterocycles. The van der Waals surface area contributed by atoms with Gasteiger partial charge >= 0.3 is 5.97 Å². The first-order valence-electron chi connectivity index (χ1n) is 7.96. The maximum Gasteiger partial charge on any atom is 0.328 e. The van der Waals surface area contributed by atoms with Gasteiger partial charge in [0.05, 0.1) is 12.7 Å². The molecule has 0 radical (unpaired) electrons. The maximum absolute atomic E-state index is 13.1. The molecule has 0 aliphatic carbocycles. The number of methoxy groups -OCH3 is 1. The summed E-state index contributed by atoms with van der Waals surface area (Å²) in [6.07, 6.45) is 0.568. The Morgan fingerprint density at radius 1 is 1.33 bits per heavy atom. The molecule has 1 amide bonds. The molecule has 2 atom stereocenters. The van der Waals surface area contributed by atoms with Crippen LogP contribution in [0.5, 0.6) is 0 Å². The largest absolute Gasteiger partial charge is 0.467 e. The van der Waals surface area contributed by atoms with Gasteiger partial charge in [0.2, 0.25) is 0 Å². The molecule has 2 heterocycles. The van der Waals surface area contributed by atoms with Crippen LogP contribution >= 0.6 is 0 Å². The number of carbonyl (C=O) groups is 2. The molecule has 0 N–H and O–H groups in total. The second-order valence-corrected chi connectivity index (χ2v) is 6.43. The standard InChI is InChI=1S/C18H22N2O4/c1-11-8-12-6-5-7-14(16(12)24-11)17(21)20-10-13(19(2)3)9-15(20)18(22)23-4/h5-8,13,15H,9-10H2,1-4H3. The fourth-order valence-corrected chi connectivity index (χ4v) is 3.29. The van der Waals surface area contributed by atoms with Crippen molar-refractivity contribution < 1.29 is 18.7 Å². The average Bonchev–Trinajstić information content (AvgIpc) is 3.15. The van der Waals surface area contributed by atoms with Crippen LogP contribution in [0.2, 0.25) is 0 Å². The number of fused-ring (bicyclic) bond motifs is 1. The van der Waals surface area contributed by atoms with Crippen molar-refractivity contribution in [2.45, 2.75) is 25.4 Å². The van der Waals surface area contributed by atoms with Gasteiger partial charge in [0.25, 0.3) is 5.91 Å². The summed E-state index contributed by atoms with van der Waals surface area (Å²) in [7, 11) is 5.25. The molecule has 0 bridgehead atoms. The van der Waals surface area contributed by atoms with Crippen molar-refractivity contribution in [2.75, 3.05) is 27.7 Å². The number of likely N-dealkylation sites (tertiary alicyclic amines) is 1. The number of hydrogen-bond acceptors (Lipinski definition) is 5. The number of likely N-dealkylation sites (N-methyl/N-ethyl adjacent to an activating group) is 1. The van der Waals surface area contributed by atoms with Crippen molar-refractivity contribution >= 4 is 22.8 Å². The van der Waals surface area contributed by atoms with E-state index in [-0.39, 0.29) is 17.9 Å². The second-order valence-electron chi connectivity index (χ2n) is 6.43. The molecule has 1 fully saturated rings. The summed E-state index contributed by atoms with van der Waals surface area (Å²) >= 11 is 0. The van der Waals surface area contributed by atoms with Crippen molar-refractivity contribution in [1.29, 1.82) is 0 Å². The summed E-state index contributed by atoms with van der Waals surface area (Å²) in [6, 6.07) is 6.93. The third-order valence-electron chi connectivity index (χ3n) is 4.64. The fraction of sp³-hybridized carbons (Fsp3) is 0.444. The van der Waals surface area contributed by atoms with Crippen LogP contribution < -0.4 is 0 Å². The average molecular weight is 330 g/mol. The zero-order chi connectivity index (χ0) is 17.4. The van der Waals surface area contributed by atoms with Crippen LogP contribution in [0, 0.1) is 6.92 Å². The lowest BCUT2D eigenvalue weighted by molar-refractivity contribution is -0.145. The van der Waals surface area contributed by atoms with E-state index in [1.807, 2.05) is 44.1 Å². The number of carbonyl (C=O) groups excluding carboxylic acids is 2. The van der Waals surface area contributed by atoms with Crippen LogP contribution in [-0.4, -0.2) is 61.5 Å². The zero-order valence-electron chi connectivity index (χ0n) is 14.4. The molecule has 0 spiro atoms. The number of hydrogen-bond donors (Lipinski definition) is 0. The normalized spacial score (nSPS) is 20.8. The first kappa shape index (κ1) is 16.5. The number of aryl methyl sites for hydroxylation is 1. The topological polar surface area (TPSA) is 63.0 Å². The zero-order valence-corrected chi connectivity index (χ0v) is 14.4. The van der Waals surface area contributed by atoms with Crippen molar-refractivity contribution in [3.8, 4) is 0 Å². The van der Waals surface area contributed by atoms with Crippen molar-refractivity contribution in [3.05, 3.63) is 35.6 Å². The maximum atomic E-state index is 13.1. The Bertz CT molecular complexity index is 780. The Labute approximate surface area is 141 Å². The molecule has 1 aromatic carbocycles. The lowest BCUT2D eigenvalue weighted by Gasteiger charge is -2.23. The molecule has 128 valence electrons. The molecular weight excluding hydrogens is 308 g/mol. The minimum Gasteiger partial charge on any atom is -0.467 e. The van der Waals surface area contributed by atoms with Crippen LogP contribution in [0.3, 0.4) is 0 Å². The highest BCUT2D eigenvalue weighted by Gasteiger charge is 2.41. The lowest BCUT2D eigenvalue weighted by Crippen LogP contribution is -2.41. The Hall–Kier alpha value is -2.34. The molecule has 24 heavy (non-hydrogen) atoms. The number of rotatable bonds is 3. The smallest absolute Gasteiger partial charge is 0.328 e. The monoisotopic (exact) mass is 330 g/mol. The summed E-state index contributed by atoms with van der Waals surface area (Å²) in [5, 5.41) is 0.885. The molecular formula is C18H22N2O4. The van der Waals surface area contributed by atoms with E-state index in [1.54, 1.807) is 11.0 Å². The molecule has 6 heteroatoms. The first-order chi connectivity index (χ1) is 11.4. The van der Waals surface area contributed by atoms with Gasteiger partial charge in [-0.25, -0.2) is 4.79 Å². The van der Waals surface area contributed by atoms with Gasteiger partial charge in [-0.05, 0) is 39.6 Å². The molecule has 1 aliphatic heterocycles. The van der Waals surface area contributed by atoms with Crippen molar-refractivity contribution in [2.24, 2.45) is 0 Å². The van der Waals surface area contributed by atoms with Gasteiger partial charge in [-0.3, -0.25) is 4.79 Å². The molecule has 0 saturated carbocycles. The van der Waals surface area contributed by atoms with E-state index >= 15 is 0 Å². The number of ether oxygens (including phenoxy) is 1. The Morgan fingerprint density at radius 3 is 2.75 bits per heavy atom. The number of benzene rings is 1.